The molecule has 2 heterocycles. The summed E-state index contributed by atoms with van der Waals surface area (Å²) >= 11 is 12.3. The molecule has 7 heteroatoms. The second-order valence-corrected chi connectivity index (χ2v) is 7.48. The number of carbonyl (C=O) groups excluding carboxylic acids is 1. The lowest BCUT2D eigenvalue weighted by molar-refractivity contribution is 0.102. The Morgan fingerprint density at radius 1 is 1.03 bits per heavy atom. The third kappa shape index (κ3) is 4.08. The Morgan fingerprint density at radius 3 is 2.47 bits per heavy atom. The fraction of sp³-hybridized carbons (Fsp3) is 0.0870. The number of ether oxygens (including phenoxy) is 1. The number of fused-ring (bicyclic) bond motifs is 1. The van der Waals surface area contributed by atoms with Crippen molar-refractivity contribution in [3.8, 4) is 5.75 Å². The maximum absolute atomic E-state index is 12.8. The summed E-state index contributed by atoms with van der Waals surface area (Å²) in [6, 6.07) is 14.3. The first kappa shape index (κ1) is 20.1. The maximum atomic E-state index is 12.8. The van der Waals surface area contributed by atoms with E-state index in [0.29, 0.717) is 23.6 Å². The molecule has 2 aromatic heterocycles. The van der Waals surface area contributed by atoms with Gasteiger partial charge in [-0.05, 0) is 48.9 Å². The normalized spacial score (nSPS) is 10.8. The summed E-state index contributed by atoms with van der Waals surface area (Å²) in [6.45, 7) is 2.33. The maximum Gasteiger partial charge on any atom is 0.258 e. The van der Waals surface area contributed by atoms with Crippen molar-refractivity contribution in [1.29, 1.82) is 0 Å². The second-order valence-electron chi connectivity index (χ2n) is 6.67. The Morgan fingerprint density at radius 2 is 1.73 bits per heavy atom. The van der Waals surface area contributed by atoms with E-state index in [0.717, 1.165) is 16.5 Å². The van der Waals surface area contributed by atoms with Crippen LogP contribution in [0.5, 0.6) is 5.75 Å². The Kier molecular flexibility index (Phi) is 5.84. The van der Waals surface area contributed by atoms with Crippen LogP contribution in [0.3, 0.4) is 0 Å². The fourth-order valence-corrected chi connectivity index (χ4v) is 3.69. The molecule has 0 saturated heterocycles. The van der Waals surface area contributed by atoms with E-state index >= 15 is 0 Å². The fourth-order valence-electron chi connectivity index (χ4n) is 3.12. The zero-order valence-corrected chi connectivity index (χ0v) is 17.5. The minimum absolute atomic E-state index is 0.221. The first-order valence-corrected chi connectivity index (χ1v) is 9.95. The first-order valence-electron chi connectivity index (χ1n) is 9.20. The first-order chi connectivity index (χ1) is 14.5. The lowest BCUT2D eigenvalue weighted by Gasteiger charge is -2.15. The van der Waals surface area contributed by atoms with Gasteiger partial charge < -0.3 is 10.1 Å². The molecule has 4 rings (SSSR count). The lowest BCUT2D eigenvalue weighted by atomic mass is 10.1. The molecule has 4 aromatic rings. The van der Waals surface area contributed by atoms with Gasteiger partial charge in [0.05, 0.1) is 26.8 Å². The van der Waals surface area contributed by atoms with E-state index in [9.17, 15) is 4.79 Å². The van der Waals surface area contributed by atoms with Crippen LogP contribution in [0.25, 0.3) is 10.9 Å². The number of rotatable bonds is 5. The van der Waals surface area contributed by atoms with Crippen LogP contribution in [0, 0.1) is 6.92 Å². The van der Waals surface area contributed by atoms with Gasteiger partial charge in [-0.2, -0.15) is 0 Å². The summed E-state index contributed by atoms with van der Waals surface area (Å²) in [7, 11) is 0. The topological polar surface area (TPSA) is 64.1 Å². The zero-order valence-electron chi connectivity index (χ0n) is 16.0. The highest BCUT2D eigenvalue weighted by Crippen LogP contribution is 2.33. The largest absolute Gasteiger partial charge is 0.488 e. The predicted octanol–water partition coefficient (Wildman–Crippen LogP) is 6.08. The molecular weight excluding hydrogens is 421 g/mol. The second kappa shape index (κ2) is 8.69. The van der Waals surface area contributed by atoms with E-state index < -0.39 is 5.91 Å². The number of aromatic nitrogens is 2. The number of hydrogen-bond donors (Lipinski definition) is 1. The van der Waals surface area contributed by atoms with Crippen molar-refractivity contribution in [3.63, 3.8) is 0 Å². The summed E-state index contributed by atoms with van der Waals surface area (Å²) in [4.78, 5) is 21.4. The quantitative estimate of drug-likeness (QED) is 0.411. The highest BCUT2D eigenvalue weighted by atomic mass is 35.5. The summed E-state index contributed by atoms with van der Waals surface area (Å²) in [5.41, 5.74) is 3.28. The number of carbonyl (C=O) groups is 1. The number of benzene rings is 2. The van der Waals surface area contributed by atoms with Crippen LogP contribution in [0.4, 0.5) is 5.69 Å². The third-order valence-electron chi connectivity index (χ3n) is 4.60. The van der Waals surface area contributed by atoms with Gasteiger partial charge in [0.25, 0.3) is 5.91 Å². The van der Waals surface area contributed by atoms with E-state index in [1.807, 2.05) is 31.2 Å². The third-order valence-corrected chi connectivity index (χ3v) is 5.23. The van der Waals surface area contributed by atoms with Gasteiger partial charge in [0, 0.05) is 29.5 Å². The van der Waals surface area contributed by atoms with Gasteiger partial charge in [-0.3, -0.25) is 14.8 Å². The lowest BCUT2D eigenvalue weighted by Crippen LogP contribution is -2.13. The highest BCUT2D eigenvalue weighted by Gasteiger charge is 2.17. The van der Waals surface area contributed by atoms with Crippen LogP contribution >= 0.6 is 23.2 Å². The van der Waals surface area contributed by atoms with Gasteiger partial charge in [-0.15, -0.1) is 0 Å². The molecule has 5 nitrogen and oxygen atoms in total. The number of halogens is 2. The Labute approximate surface area is 183 Å². The van der Waals surface area contributed by atoms with Crippen LogP contribution in [0.15, 0.2) is 67.1 Å². The van der Waals surface area contributed by atoms with Gasteiger partial charge in [-0.1, -0.05) is 35.3 Å². The van der Waals surface area contributed by atoms with Crippen molar-refractivity contribution in [1.82, 2.24) is 9.97 Å². The summed E-state index contributed by atoms with van der Waals surface area (Å²) in [6.07, 6.45) is 5.18. The van der Waals surface area contributed by atoms with E-state index in [1.165, 1.54) is 0 Å². The van der Waals surface area contributed by atoms with E-state index in [4.69, 9.17) is 27.9 Å². The van der Waals surface area contributed by atoms with Gasteiger partial charge in [0.2, 0.25) is 0 Å². The molecule has 1 N–H and O–H groups in total. The molecule has 0 fully saturated rings. The number of para-hydroxylation sites is 1. The van der Waals surface area contributed by atoms with Crippen molar-refractivity contribution < 1.29 is 9.53 Å². The SMILES string of the molecule is Cc1cnc2c(NC(=O)c3c(Cl)cccc3Cl)cccc2c1OCc1ccncc1. The molecule has 0 radical (unpaired) electrons. The van der Waals surface area contributed by atoms with Crippen LogP contribution in [0.2, 0.25) is 10.0 Å². The molecule has 0 saturated carbocycles. The molecule has 150 valence electrons. The molecule has 0 aliphatic rings. The number of pyridine rings is 2. The average Bonchev–Trinajstić information content (AvgIpc) is 2.74. The van der Waals surface area contributed by atoms with Gasteiger partial charge in [-0.25, -0.2) is 0 Å². The summed E-state index contributed by atoms with van der Waals surface area (Å²) < 4.78 is 6.10. The Balaban J connectivity index is 1.68. The molecule has 2 aromatic carbocycles. The minimum Gasteiger partial charge on any atom is -0.488 e. The van der Waals surface area contributed by atoms with Crippen LogP contribution < -0.4 is 10.1 Å². The minimum atomic E-state index is -0.403. The zero-order chi connectivity index (χ0) is 21.1. The standard InChI is InChI=1S/C23H17Cl2N3O2/c1-14-12-27-21-16(22(14)30-13-15-8-10-26-11-9-15)4-2-7-19(21)28-23(29)20-17(24)5-3-6-18(20)25/h2-12H,13H2,1H3,(H,28,29). The number of hydrogen-bond acceptors (Lipinski definition) is 4. The van der Waals surface area contributed by atoms with Gasteiger partial charge >= 0.3 is 0 Å². The summed E-state index contributed by atoms with van der Waals surface area (Å²) in [5.74, 6) is 0.309. The molecule has 0 spiro atoms. The van der Waals surface area contributed by atoms with E-state index in [2.05, 4.69) is 15.3 Å². The van der Waals surface area contributed by atoms with Crippen molar-refractivity contribution in [3.05, 3.63) is 93.9 Å². The molecule has 0 bridgehead atoms. The Bertz CT molecular complexity index is 1210. The van der Waals surface area contributed by atoms with Crippen LogP contribution in [0.1, 0.15) is 21.5 Å². The molecule has 1 amide bonds. The molecule has 0 aliphatic heterocycles. The molecule has 0 aliphatic carbocycles. The highest BCUT2D eigenvalue weighted by molar-refractivity contribution is 6.40. The number of nitrogens with one attached hydrogen (secondary N) is 1. The van der Waals surface area contributed by atoms with Crippen molar-refractivity contribution in [2.45, 2.75) is 13.5 Å². The molecule has 0 unspecified atom stereocenters. The van der Waals surface area contributed by atoms with Crippen LogP contribution in [-0.4, -0.2) is 15.9 Å². The van der Waals surface area contributed by atoms with E-state index in [-0.39, 0.29) is 15.6 Å². The summed E-state index contributed by atoms with van der Waals surface area (Å²) in [5, 5.41) is 4.23. The van der Waals surface area contributed by atoms with E-state index in [1.54, 1.807) is 42.9 Å². The van der Waals surface area contributed by atoms with Gasteiger partial charge in [0.15, 0.2) is 0 Å². The van der Waals surface area contributed by atoms with Gasteiger partial charge in [0.1, 0.15) is 12.4 Å². The number of aryl methyl sites for hydroxylation is 1. The molecule has 30 heavy (non-hydrogen) atoms. The van der Waals surface area contributed by atoms with Crippen molar-refractivity contribution >= 4 is 45.7 Å². The van der Waals surface area contributed by atoms with Crippen molar-refractivity contribution in [2.24, 2.45) is 0 Å². The molecular formula is C23H17Cl2N3O2. The Hall–Kier alpha value is -3.15. The average molecular weight is 438 g/mol. The van der Waals surface area contributed by atoms with Crippen LogP contribution in [-0.2, 0) is 6.61 Å². The number of amides is 1. The van der Waals surface area contributed by atoms with Crippen molar-refractivity contribution in [2.75, 3.05) is 5.32 Å². The number of anilines is 1. The predicted molar refractivity (Wildman–Crippen MR) is 119 cm³/mol. The number of nitrogens with zero attached hydrogens (tertiary/aromatic N) is 2. The molecule has 0 atom stereocenters. The monoisotopic (exact) mass is 437 g/mol. The smallest absolute Gasteiger partial charge is 0.258 e.